The molecule has 1 aromatic carbocycles. The molecule has 0 saturated carbocycles. The van der Waals surface area contributed by atoms with Crippen LogP contribution in [0.3, 0.4) is 0 Å². The minimum atomic E-state index is -0.800. The fourth-order valence-corrected chi connectivity index (χ4v) is 2.06. The maximum absolute atomic E-state index is 11.7. The molecular weight excluding hydrogens is 292 g/mol. The first kappa shape index (κ1) is 17.0. The van der Waals surface area contributed by atoms with Crippen molar-refractivity contribution in [2.45, 2.75) is 39.4 Å². The van der Waals surface area contributed by atoms with Gasteiger partial charge in [0.25, 0.3) is 0 Å². The Hall–Kier alpha value is -2.40. The predicted octanol–water partition coefficient (Wildman–Crippen LogP) is 3.82. The van der Waals surface area contributed by atoms with Gasteiger partial charge in [-0.15, -0.1) is 0 Å². The Morgan fingerprint density at radius 3 is 2.39 bits per heavy atom. The number of aliphatic hydroxyl groups excluding tert-OH is 1. The highest BCUT2D eigenvalue weighted by Gasteiger charge is 2.16. The van der Waals surface area contributed by atoms with Crippen LogP contribution in [0.2, 0.25) is 0 Å². The number of hydrogen-bond acceptors (Lipinski definition) is 4. The van der Waals surface area contributed by atoms with Gasteiger partial charge in [0.15, 0.2) is 0 Å². The second-order valence-electron chi connectivity index (χ2n) is 6.36. The lowest BCUT2D eigenvalue weighted by molar-refractivity contribution is 0.0636. The molecular formula is C18H22N2O3. The van der Waals surface area contributed by atoms with E-state index in [1.54, 1.807) is 51.1 Å². The molecule has 2 rings (SSSR count). The SMILES string of the molecule is Cc1cccc(C(O)c2ccc(NC(=O)OC(C)(C)C)cc2)n1. The molecule has 0 bridgehead atoms. The van der Waals surface area contributed by atoms with Gasteiger partial charge in [0.2, 0.25) is 0 Å². The van der Waals surface area contributed by atoms with Crippen molar-refractivity contribution in [1.29, 1.82) is 0 Å². The molecule has 1 aromatic heterocycles. The molecule has 1 atom stereocenters. The highest BCUT2D eigenvalue weighted by molar-refractivity contribution is 5.84. The number of nitrogens with zero attached hydrogens (tertiary/aromatic N) is 1. The van der Waals surface area contributed by atoms with Gasteiger partial charge in [0.1, 0.15) is 11.7 Å². The monoisotopic (exact) mass is 314 g/mol. The summed E-state index contributed by atoms with van der Waals surface area (Å²) in [6, 6.07) is 12.5. The minimum absolute atomic E-state index is 0.508. The fourth-order valence-electron chi connectivity index (χ4n) is 2.06. The Labute approximate surface area is 136 Å². The molecule has 0 aliphatic carbocycles. The van der Waals surface area contributed by atoms with E-state index in [1.807, 2.05) is 19.1 Å². The van der Waals surface area contributed by atoms with Crippen molar-refractivity contribution in [2.75, 3.05) is 5.32 Å². The van der Waals surface area contributed by atoms with E-state index in [1.165, 1.54) is 0 Å². The van der Waals surface area contributed by atoms with Crippen LogP contribution in [0.15, 0.2) is 42.5 Å². The van der Waals surface area contributed by atoms with Gasteiger partial charge in [-0.2, -0.15) is 0 Å². The quantitative estimate of drug-likeness (QED) is 0.903. The zero-order valence-electron chi connectivity index (χ0n) is 13.8. The van der Waals surface area contributed by atoms with E-state index >= 15 is 0 Å². The Bertz CT molecular complexity index is 675. The summed E-state index contributed by atoms with van der Waals surface area (Å²) in [5, 5.41) is 13.0. The molecule has 0 radical (unpaired) electrons. The Morgan fingerprint density at radius 1 is 1.17 bits per heavy atom. The molecule has 0 saturated heterocycles. The van der Waals surface area contributed by atoms with E-state index in [4.69, 9.17) is 4.74 Å². The van der Waals surface area contributed by atoms with Crippen molar-refractivity contribution in [1.82, 2.24) is 4.98 Å². The van der Waals surface area contributed by atoms with Gasteiger partial charge < -0.3 is 9.84 Å². The average molecular weight is 314 g/mol. The van der Waals surface area contributed by atoms with E-state index in [9.17, 15) is 9.90 Å². The number of aliphatic hydroxyl groups is 1. The van der Waals surface area contributed by atoms with Crippen LogP contribution >= 0.6 is 0 Å². The molecule has 0 aliphatic rings. The van der Waals surface area contributed by atoms with Crippen LogP contribution in [0, 0.1) is 6.92 Å². The lowest BCUT2D eigenvalue weighted by atomic mass is 10.1. The third-order valence-electron chi connectivity index (χ3n) is 3.06. The summed E-state index contributed by atoms with van der Waals surface area (Å²) in [7, 11) is 0. The number of hydrogen-bond donors (Lipinski definition) is 2. The molecule has 0 fully saturated rings. The summed E-state index contributed by atoms with van der Waals surface area (Å²) in [5.41, 5.74) is 2.21. The second-order valence-corrected chi connectivity index (χ2v) is 6.36. The van der Waals surface area contributed by atoms with E-state index in [2.05, 4.69) is 10.3 Å². The zero-order valence-corrected chi connectivity index (χ0v) is 13.8. The van der Waals surface area contributed by atoms with Crippen LogP contribution < -0.4 is 5.32 Å². The van der Waals surface area contributed by atoms with Crippen LogP contribution in [-0.4, -0.2) is 21.8 Å². The smallest absolute Gasteiger partial charge is 0.412 e. The van der Waals surface area contributed by atoms with Gasteiger partial charge in [0, 0.05) is 11.4 Å². The van der Waals surface area contributed by atoms with Gasteiger partial charge in [-0.25, -0.2) is 4.79 Å². The molecule has 1 heterocycles. The summed E-state index contributed by atoms with van der Waals surface area (Å²) in [5.74, 6) is 0. The fraction of sp³-hybridized carbons (Fsp3) is 0.333. The molecule has 5 nitrogen and oxygen atoms in total. The van der Waals surface area contributed by atoms with Gasteiger partial charge in [-0.05, 0) is 57.5 Å². The van der Waals surface area contributed by atoms with E-state index in [0.29, 0.717) is 16.9 Å². The lowest BCUT2D eigenvalue weighted by Gasteiger charge is -2.19. The largest absolute Gasteiger partial charge is 0.444 e. The van der Waals surface area contributed by atoms with Gasteiger partial charge in [-0.3, -0.25) is 10.3 Å². The second kappa shape index (κ2) is 6.79. The number of carbonyl (C=O) groups is 1. The third kappa shape index (κ3) is 5.07. The van der Waals surface area contributed by atoms with Crippen molar-refractivity contribution in [3.05, 3.63) is 59.4 Å². The number of anilines is 1. The number of carbonyl (C=O) groups excluding carboxylic acids is 1. The maximum Gasteiger partial charge on any atom is 0.412 e. The summed E-state index contributed by atoms with van der Waals surface area (Å²) < 4.78 is 5.19. The van der Waals surface area contributed by atoms with Crippen molar-refractivity contribution in [2.24, 2.45) is 0 Å². The summed E-state index contributed by atoms with van der Waals surface area (Å²) in [6.07, 6.45) is -1.31. The normalized spacial score (nSPS) is 12.6. The highest BCUT2D eigenvalue weighted by atomic mass is 16.6. The lowest BCUT2D eigenvalue weighted by Crippen LogP contribution is -2.27. The molecule has 1 amide bonds. The predicted molar refractivity (Wildman–Crippen MR) is 89.3 cm³/mol. The number of amides is 1. The molecule has 0 spiro atoms. The first-order valence-electron chi connectivity index (χ1n) is 7.46. The van der Waals surface area contributed by atoms with Gasteiger partial charge >= 0.3 is 6.09 Å². The number of ether oxygens (including phenoxy) is 1. The van der Waals surface area contributed by atoms with Crippen LogP contribution in [0.1, 0.15) is 43.8 Å². The maximum atomic E-state index is 11.7. The van der Waals surface area contributed by atoms with Crippen LogP contribution in [0.4, 0.5) is 10.5 Å². The highest BCUT2D eigenvalue weighted by Crippen LogP contribution is 2.22. The van der Waals surface area contributed by atoms with Gasteiger partial charge in [-0.1, -0.05) is 18.2 Å². The summed E-state index contributed by atoms with van der Waals surface area (Å²) in [6.45, 7) is 7.30. The van der Waals surface area contributed by atoms with Gasteiger partial charge in [0.05, 0.1) is 5.69 Å². The molecule has 2 N–H and O–H groups in total. The Kier molecular flexibility index (Phi) is 5.01. The third-order valence-corrected chi connectivity index (χ3v) is 3.06. The topological polar surface area (TPSA) is 71.5 Å². The Morgan fingerprint density at radius 2 is 1.83 bits per heavy atom. The van der Waals surface area contributed by atoms with Crippen molar-refractivity contribution >= 4 is 11.8 Å². The molecule has 122 valence electrons. The number of benzene rings is 1. The number of aryl methyl sites for hydroxylation is 1. The van der Waals surface area contributed by atoms with E-state index in [0.717, 1.165) is 5.69 Å². The number of rotatable bonds is 3. The van der Waals surface area contributed by atoms with Crippen LogP contribution in [0.5, 0.6) is 0 Å². The first-order valence-corrected chi connectivity index (χ1v) is 7.46. The molecule has 0 aliphatic heterocycles. The van der Waals surface area contributed by atoms with Crippen LogP contribution in [-0.2, 0) is 4.74 Å². The zero-order chi connectivity index (χ0) is 17.0. The number of nitrogens with one attached hydrogen (secondary N) is 1. The van der Waals surface area contributed by atoms with Crippen molar-refractivity contribution < 1.29 is 14.6 Å². The van der Waals surface area contributed by atoms with Crippen molar-refractivity contribution in [3.63, 3.8) is 0 Å². The summed E-state index contributed by atoms with van der Waals surface area (Å²) >= 11 is 0. The number of aromatic nitrogens is 1. The van der Waals surface area contributed by atoms with E-state index in [-0.39, 0.29) is 0 Å². The molecule has 5 heteroatoms. The molecule has 1 unspecified atom stereocenters. The number of pyridine rings is 1. The average Bonchev–Trinajstić information content (AvgIpc) is 2.45. The van der Waals surface area contributed by atoms with Crippen molar-refractivity contribution in [3.8, 4) is 0 Å². The first-order chi connectivity index (χ1) is 10.7. The summed E-state index contributed by atoms with van der Waals surface area (Å²) in [4.78, 5) is 16.0. The molecule has 2 aromatic rings. The Balaban J connectivity index is 2.06. The minimum Gasteiger partial charge on any atom is -0.444 e. The van der Waals surface area contributed by atoms with Crippen LogP contribution in [0.25, 0.3) is 0 Å². The molecule has 23 heavy (non-hydrogen) atoms. The standard InChI is InChI=1S/C18H22N2O3/c1-12-6-5-7-15(19-12)16(21)13-8-10-14(11-9-13)20-17(22)23-18(2,3)4/h5-11,16,21H,1-4H3,(H,20,22). The van der Waals surface area contributed by atoms with E-state index < -0.39 is 17.8 Å².